The molecule has 0 amide bonds. The number of likely N-dealkylation sites (N-methyl/N-ethyl adjacent to an activating group) is 1. The molecule has 1 aromatic rings. The van der Waals surface area contributed by atoms with Crippen molar-refractivity contribution in [2.45, 2.75) is 39.8 Å². The van der Waals surface area contributed by atoms with Crippen LogP contribution in [0, 0.1) is 0 Å². The fourth-order valence-electron chi connectivity index (χ4n) is 1.83. The van der Waals surface area contributed by atoms with Gasteiger partial charge in [-0.25, -0.2) is 0 Å². The van der Waals surface area contributed by atoms with Crippen molar-refractivity contribution in [3.63, 3.8) is 0 Å². The Bertz CT molecular complexity index is 333. The van der Waals surface area contributed by atoms with E-state index in [0.29, 0.717) is 5.88 Å². The summed E-state index contributed by atoms with van der Waals surface area (Å²) in [6.07, 6.45) is 1.09. The Kier molecular flexibility index (Phi) is 2.95. The molecule has 1 aliphatic heterocycles. The van der Waals surface area contributed by atoms with Gasteiger partial charge in [-0.15, -0.1) is 0 Å². The van der Waals surface area contributed by atoms with Crippen molar-refractivity contribution in [3.8, 4) is 5.88 Å². The molecule has 0 saturated heterocycles. The quantitative estimate of drug-likeness (QED) is 0.763. The van der Waals surface area contributed by atoms with Gasteiger partial charge >= 0.3 is 0 Å². The van der Waals surface area contributed by atoms with Crippen LogP contribution in [-0.2, 0) is 13.0 Å². The molecule has 0 fully saturated rings. The second kappa shape index (κ2) is 4.23. The lowest BCUT2D eigenvalue weighted by Crippen LogP contribution is -2.29. The first-order chi connectivity index (χ1) is 7.20. The Balaban J connectivity index is 2.18. The molecule has 0 saturated carbocycles. The summed E-state index contributed by atoms with van der Waals surface area (Å²) in [5.41, 5.74) is 1.14. The summed E-state index contributed by atoms with van der Waals surface area (Å²) in [5, 5.41) is 3.98. The Morgan fingerprint density at radius 2 is 2.33 bits per heavy atom. The van der Waals surface area contributed by atoms with Gasteiger partial charge in [-0.05, 0) is 25.5 Å². The van der Waals surface area contributed by atoms with E-state index in [2.05, 4.69) is 17.0 Å². The summed E-state index contributed by atoms with van der Waals surface area (Å²) in [4.78, 5) is 2.37. The van der Waals surface area contributed by atoms with Crippen LogP contribution in [0.2, 0.25) is 0 Å². The van der Waals surface area contributed by atoms with Crippen LogP contribution in [-0.4, -0.2) is 29.3 Å². The minimum absolute atomic E-state index is 0.149. The third kappa shape index (κ3) is 2.15. The van der Waals surface area contributed by atoms with E-state index in [1.165, 1.54) is 0 Å². The van der Waals surface area contributed by atoms with Crippen molar-refractivity contribution in [3.05, 3.63) is 11.3 Å². The van der Waals surface area contributed by atoms with E-state index in [1.54, 1.807) is 0 Å². The zero-order valence-electron chi connectivity index (χ0n) is 9.62. The summed E-state index contributed by atoms with van der Waals surface area (Å²) < 4.78 is 10.9. The maximum absolute atomic E-state index is 5.61. The second-order valence-corrected chi connectivity index (χ2v) is 4.17. The monoisotopic (exact) mass is 210 g/mol. The Hall–Kier alpha value is -1.03. The molecule has 0 spiro atoms. The van der Waals surface area contributed by atoms with E-state index in [-0.39, 0.29) is 6.10 Å². The Morgan fingerprint density at radius 1 is 1.53 bits per heavy atom. The number of fused-ring (bicyclic) bond motifs is 1. The minimum Gasteiger partial charge on any atom is -0.473 e. The van der Waals surface area contributed by atoms with Gasteiger partial charge in [0.05, 0.1) is 11.7 Å². The number of nitrogens with zero attached hydrogens (tertiary/aromatic N) is 2. The molecule has 0 aliphatic carbocycles. The molecule has 4 nitrogen and oxygen atoms in total. The fraction of sp³-hybridized carbons (Fsp3) is 0.727. The lowest BCUT2D eigenvalue weighted by molar-refractivity contribution is 0.214. The van der Waals surface area contributed by atoms with Gasteiger partial charge in [0, 0.05) is 19.5 Å². The van der Waals surface area contributed by atoms with Crippen molar-refractivity contribution in [2.24, 2.45) is 0 Å². The molecule has 0 bridgehead atoms. The van der Waals surface area contributed by atoms with E-state index in [1.807, 2.05) is 13.8 Å². The van der Waals surface area contributed by atoms with Crippen molar-refractivity contribution in [1.29, 1.82) is 0 Å². The number of rotatable bonds is 3. The van der Waals surface area contributed by atoms with Crippen LogP contribution in [0.15, 0.2) is 4.52 Å². The van der Waals surface area contributed by atoms with E-state index < -0.39 is 0 Å². The largest absolute Gasteiger partial charge is 0.473 e. The third-order valence-electron chi connectivity index (χ3n) is 2.66. The summed E-state index contributed by atoms with van der Waals surface area (Å²) in [6.45, 7) is 9.19. The van der Waals surface area contributed by atoms with Crippen molar-refractivity contribution < 1.29 is 9.26 Å². The average molecular weight is 210 g/mol. The molecule has 0 unspecified atom stereocenters. The van der Waals surface area contributed by atoms with Gasteiger partial charge in [0.25, 0.3) is 5.88 Å². The highest BCUT2D eigenvalue weighted by Gasteiger charge is 2.24. The average Bonchev–Trinajstić information content (AvgIpc) is 2.60. The van der Waals surface area contributed by atoms with Crippen LogP contribution >= 0.6 is 0 Å². The molecule has 2 rings (SSSR count). The highest BCUT2D eigenvalue weighted by Crippen LogP contribution is 2.27. The fourth-order valence-corrected chi connectivity index (χ4v) is 1.83. The smallest absolute Gasteiger partial charge is 0.259 e. The van der Waals surface area contributed by atoms with Crippen molar-refractivity contribution in [2.75, 3.05) is 13.1 Å². The maximum atomic E-state index is 5.61. The van der Waals surface area contributed by atoms with E-state index >= 15 is 0 Å². The number of ether oxygens (including phenoxy) is 1. The molecule has 1 aliphatic rings. The first kappa shape index (κ1) is 10.5. The maximum Gasteiger partial charge on any atom is 0.259 e. The van der Waals surface area contributed by atoms with Crippen molar-refractivity contribution in [1.82, 2.24) is 10.1 Å². The summed E-state index contributed by atoms with van der Waals surface area (Å²) in [7, 11) is 0. The van der Waals surface area contributed by atoms with E-state index in [9.17, 15) is 0 Å². The Morgan fingerprint density at radius 3 is 3.00 bits per heavy atom. The minimum atomic E-state index is 0.149. The highest BCUT2D eigenvalue weighted by molar-refractivity contribution is 5.30. The van der Waals surface area contributed by atoms with Gasteiger partial charge in [0.1, 0.15) is 5.76 Å². The van der Waals surface area contributed by atoms with E-state index in [0.717, 1.165) is 37.4 Å². The normalized spacial score (nSPS) is 16.8. The summed E-state index contributed by atoms with van der Waals surface area (Å²) in [6, 6.07) is 0. The van der Waals surface area contributed by atoms with Crippen LogP contribution in [0.25, 0.3) is 0 Å². The van der Waals surface area contributed by atoms with Gasteiger partial charge in [-0.1, -0.05) is 6.92 Å². The second-order valence-electron chi connectivity index (χ2n) is 4.17. The third-order valence-corrected chi connectivity index (χ3v) is 2.66. The van der Waals surface area contributed by atoms with Crippen LogP contribution < -0.4 is 4.74 Å². The first-order valence-electron chi connectivity index (χ1n) is 5.57. The molecule has 0 atom stereocenters. The number of hydrogen-bond donors (Lipinski definition) is 0. The van der Waals surface area contributed by atoms with Crippen LogP contribution in [0.1, 0.15) is 32.1 Å². The van der Waals surface area contributed by atoms with Gasteiger partial charge in [0.15, 0.2) is 0 Å². The van der Waals surface area contributed by atoms with Crippen LogP contribution in [0.3, 0.4) is 0 Å². The topological polar surface area (TPSA) is 38.5 Å². The standard InChI is InChI=1S/C11H18N2O2/c1-4-13-6-5-10-9(7-13)11(12-15-10)14-8(2)3/h8H,4-7H2,1-3H3. The summed E-state index contributed by atoms with van der Waals surface area (Å²) in [5.74, 6) is 1.67. The first-order valence-corrected chi connectivity index (χ1v) is 5.57. The van der Waals surface area contributed by atoms with Crippen LogP contribution in [0.5, 0.6) is 5.88 Å². The molecule has 84 valence electrons. The van der Waals surface area contributed by atoms with Crippen molar-refractivity contribution >= 4 is 0 Å². The van der Waals surface area contributed by atoms with E-state index in [4.69, 9.17) is 9.26 Å². The van der Waals surface area contributed by atoms with Gasteiger partial charge in [-0.2, -0.15) is 0 Å². The molecule has 0 N–H and O–H groups in total. The highest BCUT2D eigenvalue weighted by atomic mass is 16.5. The SMILES string of the molecule is CCN1CCc2onc(OC(C)C)c2C1. The van der Waals surface area contributed by atoms with Gasteiger partial charge in [0.2, 0.25) is 0 Å². The number of aromatic nitrogens is 1. The number of hydrogen-bond acceptors (Lipinski definition) is 4. The molecule has 0 radical (unpaired) electrons. The van der Waals surface area contributed by atoms with Crippen LogP contribution in [0.4, 0.5) is 0 Å². The van der Waals surface area contributed by atoms with Gasteiger partial charge in [-0.3, -0.25) is 4.90 Å². The summed E-state index contributed by atoms with van der Waals surface area (Å²) >= 11 is 0. The lowest BCUT2D eigenvalue weighted by atomic mass is 10.1. The predicted molar refractivity (Wildman–Crippen MR) is 56.9 cm³/mol. The molecule has 2 heterocycles. The molecule has 15 heavy (non-hydrogen) atoms. The van der Waals surface area contributed by atoms with Gasteiger partial charge < -0.3 is 9.26 Å². The molecule has 1 aromatic heterocycles. The Labute approximate surface area is 90.2 Å². The lowest BCUT2D eigenvalue weighted by Gasteiger charge is -2.24. The zero-order valence-corrected chi connectivity index (χ0v) is 9.62. The molecular formula is C11H18N2O2. The molecule has 4 heteroatoms. The molecule has 0 aromatic carbocycles. The molecular weight excluding hydrogens is 192 g/mol. The predicted octanol–water partition coefficient (Wildman–Crippen LogP) is 1.84. The zero-order chi connectivity index (χ0) is 10.8.